The summed E-state index contributed by atoms with van der Waals surface area (Å²) in [6.07, 6.45) is 3.84. The van der Waals surface area contributed by atoms with Crippen LogP contribution in [-0.2, 0) is 38.4 Å². The van der Waals surface area contributed by atoms with Crippen molar-refractivity contribution in [2.24, 2.45) is 5.92 Å². The number of hydrogen-bond acceptors (Lipinski definition) is 7. The zero-order valence-corrected chi connectivity index (χ0v) is 25.3. The Labute approximate surface area is 262 Å². The van der Waals surface area contributed by atoms with E-state index in [0.717, 1.165) is 26.3 Å². The highest BCUT2D eigenvalue weighted by Gasteiger charge is 2.28. The van der Waals surface area contributed by atoms with Crippen LogP contribution in [0.5, 0.6) is 0 Å². The van der Waals surface area contributed by atoms with Crippen LogP contribution in [0.2, 0.25) is 5.02 Å². The van der Waals surface area contributed by atoms with Gasteiger partial charge in [-0.15, -0.1) is 0 Å². The summed E-state index contributed by atoms with van der Waals surface area (Å²) in [7, 11) is 2.83. The van der Waals surface area contributed by atoms with E-state index >= 15 is 0 Å². The fourth-order valence-corrected chi connectivity index (χ4v) is 5.66. The molecule has 1 aliphatic rings. The lowest BCUT2D eigenvalue weighted by Crippen LogP contribution is -2.46. The predicted molar refractivity (Wildman–Crippen MR) is 167 cm³/mol. The molecule has 45 heavy (non-hydrogen) atoms. The largest absolute Gasteiger partial charge is 0.382 e. The first-order chi connectivity index (χ1) is 21.7. The second-order valence-electron chi connectivity index (χ2n) is 10.6. The summed E-state index contributed by atoms with van der Waals surface area (Å²) in [5.74, 6) is -1.23. The van der Waals surface area contributed by atoms with Gasteiger partial charge < -0.3 is 20.1 Å². The molecule has 0 fully saturated rings. The van der Waals surface area contributed by atoms with Gasteiger partial charge in [-0.25, -0.2) is 14.2 Å². The van der Waals surface area contributed by atoms with Crippen LogP contribution in [-0.4, -0.2) is 53.4 Å². The Kier molecular flexibility index (Phi) is 9.87. The van der Waals surface area contributed by atoms with Crippen LogP contribution in [0.25, 0.3) is 11.1 Å². The molecule has 4 aromatic rings. The number of amides is 2. The molecule has 2 aromatic heterocycles. The summed E-state index contributed by atoms with van der Waals surface area (Å²) in [5.41, 5.74) is 0.886. The lowest BCUT2D eigenvalue weighted by atomic mass is 10.1. The van der Waals surface area contributed by atoms with Crippen molar-refractivity contribution in [3.05, 3.63) is 110 Å². The average molecular weight is 636 g/mol. The quantitative estimate of drug-likeness (QED) is 0.257. The van der Waals surface area contributed by atoms with Crippen LogP contribution in [0.15, 0.2) is 76.6 Å². The van der Waals surface area contributed by atoms with Crippen LogP contribution in [0.3, 0.4) is 0 Å². The molecule has 1 atom stereocenters. The number of carbonyl (C=O) groups is 2. The molecule has 234 valence electrons. The lowest BCUT2D eigenvalue weighted by molar-refractivity contribution is -0.119. The Balaban J connectivity index is 1.39. The number of benzene rings is 2. The van der Waals surface area contributed by atoms with E-state index < -0.39 is 35.6 Å². The van der Waals surface area contributed by atoms with Crippen molar-refractivity contribution in [1.82, 2.24) is 14.1 Å². The number of nitrogens with one attached hydrogen (secondary N) is 2. The number of rotatable bonds is 11. The Hall–Kier alpha value is -4.65. The maximum Gasteiger partial charge on any atom is 0.331 e. The smallest absolute Gasteiger partial charge is 0.331 e. The van der Waals surface area contributed by atoms with Crippen molar-refractivity contribution in [3.63, 3.8) is 0 Å². The van der Waals surface area contributed by atoms with E-state index in [9.17, 15) is 23.6 Å². The van der Waals surface area contributed by atoms with Crippen LogP contribution in [0.1, 0.15) is 17.2 Å². The van der Waals surface area contributed by atoms with Crippen molar-refractivity contribution in [2.75, 3.05) is 38.1 Å². The van der Waals surface area contributed by atoms with E-state index in [2.05, 4.69) is 15.6 Å². The number of anilines is 2. The normalized spacial score (nSPS) is 13.9. The molecule has 0 radical (unpaired) electrons. The molecular weight excluding hydrogens is 605 g/mol. The van der Waals surface area contributed by atoms with E-state index in [0.29, 0.717) is 24.3 Å². The van der Waals surface area contributed by atoms with Gasteiger partial charge in [-0.05, 0) is 54.3 Å². The first kappa shape index (κ1) is 31.8. The molecule has 1 aliphatic carbocycles. The summed E-state index contributed by atoms with van der Waals surface area (Å²) < 4.78 is 26.8. The fraction of sp³-hybridized carbons (Fsp3) is 0.281. The minimum Gasteiger partial charge on any atom is -0.382 e. The first-order valence-electron chi connectivity index (χ1n) is 14.1. The van der Waals surface area contributed by atoms with Gasteiger partial charge in [0.15, 0.2) is 0 Å². The third kappa shape index (κ3) is 7.03. The zero-order chi connectivity index (χ0) is 32.1. The molecule has 0 bridgehead atoms. The van der Waals surface area contributed by atoms with Crippen LogP contribution in [0.4, 0.5) is 15.9 Å². The number of nitrogens with zero attached hydrogens (tertiary/aromatic N) is 3. The van der Waals surface area contributed by atoms with Gasteiger partial charge in [0.1, 0.15) is 18.2 Å². The molecule has 0 saturated heterocycles. The molecule has 5 rings (SSSR count). The van der Waals surface area contributed by atoms with E-state index in [1.54, 1.807) is 36.5 Å². The van der Waals surface area contributed by atoms with Gasteiger partial charge in [-0.1, -0.05) is 35.9 Å². The highest BCUT2D eigenvalue weighted by Crippen LogP contribution is 2.30. The van der Waals surface area contributed by atoms with E-state index in [-0.39, 0.29) is 41.2 Å². The standard InChI is InChI=1S/C32H31ClFN5O6/c1-44-17-23(18-45-2)39-31(42)25(24-6-5-7-26(34)29(24)33)15-38(32(39)43)16-28(40)36-22-10-9-19-12-21(13-20(19)14-22)30(41)37-27-8-3-4-11-35-27/h3-11,14-15,21,23H,12-13,16-18H2,1-2H3,(H,36,40)(H,35,37,41). The van der Waals surface area contributed by atoms with Crippen LogP contribution in [0, 0.1) is 11.7 Å². The van der Waals surface area contributed by atoms with Crippen molar-refractivity contribution in [2.45, 2.75) is 25.4 Å². The van der Waals surface area contributed by atoms with Crippen LogP contribution < -0.4 is 21.9 Å². The fourth-order valence-electron chi connectivity index (χ4n) is 5.44. The molecule has 2 aromatic carbocycles. The topological polar surface area (TPSA) is 134 Å². The second-order valence-corrected chi connectivity index (χ2v) is 11.0. The van der Waals surface area contributed by atoms with Gasteiger partial charge in [0.25, 0.3) is 5.56 Å². The second kappa shape index (κ2) is 14.0. The van der Waals surface area contributed by atoms with E-state index in [4.69, 9.17) is 21.1 Å². The average Bonchev–Trinajstić information content (AvgIpc) is 3.45. The molecule has 2 heterocycles. The zero-order valence-electron chi connectivity index (χ0n) is 24.6. The van der Waals surface area contributed by atoms with Crippen molar-refractivity contribution < 1.29 is 23.5 Å². The third-order valence-corrected chi connectivity index (χ3v) is 7.92. The molecule has 0 spiro atoms. The molecule has 2 amide bonds. The van der Waals surface area contributed by atoms with Gasteiger partial charge in [-0.3, -0.25) is 23.5 Å². The van der Waals surface area contributed by atoms with E-state index in [1.807, 2.05) is 6.07 Å². The van der Waals surface area contributed by atoms with Gasteiger partial charge >= 0.3 is 5.69 Å². The Morgan fingerprint density at radius 1 is 1.00 bits per heavy atom. The Morgan fingerprint density at radius 2 is 1.76 bits per heavy atom. The minimum absolute atomic E-state index is 0.0362. The summed E-state index contributed by atoms with van der Waals surface area (Å²) in [6.45, 7) is -0.533. The van der Waals surface area contributed by atoms with E-state index in [1.165, 1.54) is 32.5 Å². The maximum atomic E-state index is 14.4. The SMILES string of the molecule is COCC(COC)n1c(=O)c(-c2cccc(F)c2Cl)cn(CC(=O)Nc2ccc3c(c2)CC(C(=O)Nc2ccccn2)C3)c1=O. The summed E-state index contributed by atoms with van der Waals surface area (Å²) in [6, 6.07) is 13.8. The molecule has 0 aliphatic heterocycles. The number of methoxy groups -OCH3 is 2. The summed E-state index contributed by atoms with van der Waals surface area (Å²) in [5, 5.41) is 5.33. The number of aromatic nitrogens is 3. The monoisotopic (exact) mass is 635 g/mol. The molecule has 1 unspecified atom stereocenters. The number of carbonyl (C=O) groups excluding carboxylic acids is 2. The number of pyridine rings is 1. The minimum atomic E-state index is -0.832. The van der Waals surface area contributed by atoms with Crippen LogP contribution >= 0.6 is 11.6 Å². The summed E-state index contributed by atoms with van der Waals surface area (Å²) >= 11 is 6.21. The lowest BCUT2D eigenvalue weighted by Gasteiger charge is -2.20. The Bertz CT molecular complexity index is 1840. The summed E-state index contributed by atoms with van der Waals surface area (Å²) in [4.78, 5) is 57.3. The van der Waals surface area contributed by atoms with Gasteiger partial charge in [-0.2, -0.15) is 0 Å². The number of halogens is 2. The first-order valence-corrected chi connectivity index (χ1v) is 14.5. The van der Waals surface area contributed by atoms with Gasteiger partial charge in [0, 0.05) is 43.8 Å². The molecule has 11 nitrogen and oxygen atoms in total. The van der Waals surface area contributed by atoms with Crippen molar-refractivity contribution in [1.29, 1.82) is 0 Å². The maximum absolute atomic E-state index is 14.4. The number of fused-ring (bicyclic) bond motifs is 1. The molecule has 0 saturated carbocycles. The molecular formula is C32H31ClFN5O6. The number of ether oxygens (including phenoxy) is 2. The van der Waals surface area contributed by atoms with Gasteiger partial charge in [0.05, 0.1) is 29.8 Å². The number of hydrogen-bond donors (Lipinski definition) is 2. The highest BCUT2D eigenvalue weighted by molar-refractivity contribution is 6.33. The molecule has 13 heteroatoms. The Morgan fingerprint density at radius 3 is 2.47 bits per heavy atom. The van der Waals surface area contributed by atoms with Crippen molar-refractivity contribution in [3.8, 4) is 11.1 Å². The highest BCUT2D eigenvalue weighted by atomic mass is 35.5. The van der Waals surface area contributed by atoms with Gasteiger partial charge in [0.2, 0.25) is 11.8 Å². The predicted octanol–water partition coefficient (Wildman–Crippen LogP) is 3.69. The third-order valence-electron chi connectivity index (χ3n) is 7.53. The molecule has 2 N–H and O–H groups in total. The van der Waals surface area contributed by atoms with Crippen molar-refractivity contribution >= 4 is 34.9 Å².